The van der Waals surface area contributed by atoms with Crippen molar-refractivity contribution in [2.45, 2.75) is 46.7 Å². The molecular formula is C23H30N2O3. The molecule has 5 heteroatoms. The van der Waals surface area contributed by atoms with E-state index in [1.165, 1.54) is 0 Å². The van der Waals surface area contributed by atoms with Crippen LogP contribution in [0, 0.1) is 13.8 Å². The molecule has 5 nitrogen and oxygen atoms in total. The third-order valence-corrected chi connectivity index (χ3v) is 4.85. The van der Waals surface area contributed by atoms with Crippen molar-refractivity contribution in [1.29, 1.82) is 0 Å². The minimum atomic E-state index is -0.566. The van der Waals surface area contributed by atoms with Gasteiger partial charge in [-0.3, -0.25) is 9.59 Å². The maximum absolute atomic E-state index is 13.2. The average molecular weight is 383 g/mol. The lowest BCUT2D eigenvalue weighted by atomic mass is 10.0. The van der Waals surface area contributed by atoms with E-state index in [4.69, 9.17) is 4.74 Å². The first-order chi connectivity index (χ1) is 13.3. The number of methoxy groups -OCH3 is 1. The van der Waals surface area contributed by atoms with Crippen LogP contribution >= 0.6 is 0 Å². The van der Waals surface area contributed by atoms with E-state index in [1.54, 1.807) is 18.9 Å². The Kier molecular flexibility index (Phi) is 7.61. The summed E-state index contributed by atoms with van der Waals surface area (Å²) in [6, 6.07) is 13.1. The zero-order valence-corrected chi connectivity index (χ0v) is 17.4. The van der Waals surface area contributed by atoms with Crippen LogP contribution in [0.2, 0.25) is 0 Å². The minimum Gasteiger partial charge on any atom is -0.497 e. The molecule has 1 N–H and O–H groups in total. The molecule has 0 bridgehead atoms. The lowest BCUT2D eigenvalue weighted by Gasteiger charge is -2.29. The van der Waals surface area contributed by atoms with E-state index in [9.17, 15) is 9.59 Å². The Bertz CT molecular complexity index is 832. The molecule has 2 amide bonds. The van der Waals surface area contributed by atoms with Gasteiger partial charge in [0.25, 0.3) is 0 Å². The van der Waals surface area contributed by atoms with Gasteiger partial charge >= 0.3 is 0 Å². The smallest absolute Gasteiger partial charge is 0.242 e. The number of ether oxygens (including phenoxy) is 1. The fourth-order valence-corrected chi connectivity index (χ4v) is 3.13. The van der Waals surface area contributed by atoms with Crippen LogP contribution in [-0.2, 0) is 22.6 Å². The van der Waals surface area contributed by atoms with E-state index in [0.717, 1.165) is 28.0 Å². The fourth-order valence-electron chi connectivity index (χ4n) is 3.13. The molecule has 28 heavy (non-hydrogen) atoms. The van der Waals surface area contributed by atoms with E-state index in [0.29, 0.717) is 13.1 Å². The van der Waals surface area contributed by atoms with Gasteiger partial charge in [0.15, 0.2) is 0 Å². The van der Waals surface area contributed by atoms with Crippen LogP contribution in [0.25, 0.3) is 0 Å². The average Bonchev–Trinajstić information content (AvgIpc) is 2.68. The summed E-state index contributed by atoms with van der Waals surface area (Å²) >= 11 is 0. The number of hydrogen-bond donors (Lipinski definition) is 1. The van der Waals surface area contributed by atoms with Gasteiger partial charge in [0.1, 0.15) is 11.8 Å². The zero-order valence-electron chi connectivity index (χ0n) is 17.4. The van der Waals surface area contributed by atoms with Crippen LogP contribution in [-0.4, -0.2) is 36.4 Å². The number of rotatable bonds is 8. The predicted octanol–water partition coefficient (Wildman–Crippen LogP) is 3.41. The summed E-state index contributed by atoms with van der Waals surface area (Å²) in [5.74, 6) is 0.500. The topological polar surface area (TPSA) is 58.6 Å². The molecule has 2 aromatic rings. The molecule has 0 fully saturated rings. The van der Waals surface area contributed by atoms with Crippen molar-refractivity contribution in [2.24, 2.45) is 0 Å². The molecule has 0 unspecified atom stereocenters. The van der Waals surface area contributed by atoms with Gasteiger partial charge in [-0.15, -0.1) is 0 Å². The third kappa shape index (κ3) is 5.59. The van der Waals surface area contributed by atoms with Crippen molar-refractivity contribution < 1.29 is 14.3 Å². The second-order valence-electron chi connectivity index (χ2n) is 7.05. The Morgan fingerprint density at radius 2 is 1.89 bits per heavy atom. The van der Waals surface area contributed by atoms with E-state index in [1.807, 2.05) is 63.2 Å². The molecule has 0 heterocycles. The quantitative estimate of drug-likeness (QED) is 0.761. The number of benzene rings is 2. The minimum absolute atomic E-state index is 0.0738. The van der Waals surface area contributed by atoms with Crippen LogP contribution in [0.3, 0.4) is 0 Å². The highest BCUT2D eigenvalue weighted by atomic mass is 16.5. The molecule has 0 saturated heterocycles. The Labute approximate surface area is 167 Å². The molecule has 0 aromatic heterocycles. The van der Waals surface area contributed by atoms with Crippen LogP contribution < -0.4 is 10.1 Å². The number of aryl methyl sites for hydroxylation is 2. The molecule has 0 aliphatic carbocycles. The van der Waals surface area contributed by atoms with Crippen LogP contribution in [0.15, 0.2) is 42.5 Å². The largest absolute Gasteiger partial charge is 0.497 e. The van der Waals surface area contributed by atoms with Crippen molar-refractivity contribution in [3.8, 4) is 5.75 Å². The lowest BCUT2D eigenvalue weighted by Crippen LogP contribution is -2.48. The van der Waals surface area contributed by atoms with Crippen molar-refractivity contribution in [3.05, 3.63) is 64.7 Å². The van der Waals surface area contributed by atoms with Gasteiger partial charge < -0.3 is 15.0 Å². The van der Waals surface area contributed by atoms with E-state index < -0.39 is 6.04 Å². The van der Waals surface area contributed by atoms with Crippen molar-refractivity contribution in [2.75, 3.05) is 13.7 Å². The standard InChI is InChI=1S/C23H30N2O3/c1-6-24-23(27)18(4)25(15-19-8-7-9-21(13-19)28-5)22(26)14-20-12-16(2)10-11-17(20)3/h7-13,18H,6,14-15H2,1-5H3,(H,24,27)/t18-/m1/s1. The Morgan fingerprint density at radius 3 is 2.57 bits per heavy atom. The third-order valence-electron chi connectivity index (χ3n) is 4.85. The number of amides is 2. The normalized spacial score (nSPS) is 11.6. The highest BCUT2D eigenvalue weighted by Crippen LogP contribution is 2.18. The first kappa shape index (κ1) is 21.5. The highest BCUT2D eigenvalue weighted by molar-refractivity contribution is 5.88. The van der Waals surface area contributed by atoms with Gasteiger partial charge in [0, 0.05) is 13.1 Å². The molecule has 0 aliphatic heterocycles. The summed E-state index contributed by atoms with van der Waals surface area (Å²) in [5, 5.41) is 2.82. The summed E-state index contributed by atoms with van der Waals surface area (Å²) in [6.45, 7) is 8.53. The lowest BCUT2D eigenvalue weighted by molar-refractivity contribution is -0.140. The van der Waals surface area contributed by atoms with Gasteiger partial charge in [-0.05, 0) is 56.5 Å². The number of nitrogens with one attached hydrogen (secondary N) is 1. The Balaban J connectivity index is 2.29. The summed E-state index contributed by atoms with van der Waals surface area (Å²) in [5.41, 5.74) is 4.10. The SMILES string of the molecule is CCNC(=O)[C@@H](C)N(Cc1cccc(OC)c1)C(=O)Cc1cc(C)ccc1C. The van der Waals surface area contributed by atoms with Gasteiger partial charge in [0.05, 0.1) is 13.5 Å². The maximum Gasteiger partial charge on any atom is 0.242 e. The van der Waals surface area contributed by atoms with Gasteiger partial charge in [-0.1, -0.05) is 35.9 Å². The van der Waals surface area contributed by atoms with Crippen molar-refractivity contribution in [1.82, 2.24) is 10.2 Å². The summed E-state index contributed by atoms with van der Waals surface area (Å²) in [4.78, 5) is 27.3. The maximum atomic E-state index is 13.2. The van der Waals surface area contributed by atoms with E-state index >= 15 is 0 Å². The molecular weight excluding hydrogens is 352 g/mol. The molecule has 0 spiro atoms. The summed E-state index contributed by atoms with van der Waals surface area (Å²) in [7, 11) is 1.61. The zero-order chi connectivity index (χ0) is 20.7. The van der Waals surface area contributed by atoms with E-state index in [2.05, 4.69) is 5.32 Å². The van der Waals surface area contributed by atoms with Crippen LogP contribution in [0.4, 0.5) is 0 Å². The fraction of sp³-hybridized carbons (Fsp3) is 0.391. The van der Waals surface area contributed by atoms with E-state index in [-0.39, 0.29) is 18.2 Å². The first-order valence-electron chi connectivity index (χ1n) is 9.62. The summed E-state index contributed by atoms with van der Waals surface area (Å²) < 4.78 is 5.29. The van der Waals surface area contributed by atoms with Crippen molar-refractivity contribution in [3.63, 3.8) is 0 Å². The molecule has 0 saturated carbocycles. The number of carbonyl (C=O) groups excluding carboxylic acids is 2. The Hall–Kier alpha value is -2.82. The number of likely N-dealkylation sites (N-methyl/N-ethyl adjacent to an activating group) is 1. The molecule has 2 aromatic carbocycles. The van der Waals surface area contributed by atoms with Gasteiger partial charge in [-0.25, -0.2) is 0 Å². The number of carbonyl (C=O) groups is 2. The molecule has 1 atom stereocenters. The first-order valence-corrected chi connectivity index (χ1v) is 9.62. The monoisotopic (exact) mass is 382 g/mol. The second-order valence-corrected chi connectivity index (χ2v) is 7.05. The molecule has 0 radical (unpaired) electrons. The van der Waals surface area contributed by atoms with Crippen LogP contribution in [0.5, 0.6) is 5.75 Å². The molecule has 150 valence electrons. The van der Waals surface area contributed by atoms with Gasteiger partial charge in [-0.2, -0.15) is 0 Å². The predicted molar refractivity (Wildman–Crippen MR) is 111 cm³/mol. The number of hydrogen-bond acceptors (Lipinski definition) is 3. The highest BCUT2D eigenvalue weighted by Gasteiger charge is 2.26. The van der Waals surface area contributed by atoms with Gasteiger partial charge in [0.2, 0.25) is 11.8 Å². The summed E-state index contributed by atoms with van der Waals surface area (Å²) in [6.07, 6.45) is 0.265. The second kappa shape index (κ2) is 9.93. The van der Waals surface area contributed by atoms with Crippen LogP contribution in [0.1, 0.15) is 36.1 Å². The van der Waals surface area contributed by atoms with Crippen molar-refractivity contribution >= 4 is 11.8 Å². The Morgan fingerprint density at radius 1 is 1.14 bits per heavy atom. The molecule has 2 rings (SSSR count). The molecule has 0 aliphatic rings. The number of nitrogens with zero attached hydrogens (tertiary/aromatic N) is 1.